The maximum Gasteiger partial charge on any atom is 0.135 e. The van der Waals surface area contributed by atoms with Crippen LogP contribution in [-0.4, -0.2) is 40.9 Å². The van der Waals surface area contributed by atoms with E-state index in [1.807, 2.05) is 12.1 Å². The van der Waals surface area contributed by atoms with Crippen LogP contribution in [0.25, 0.3) is 11.0 Å². The second-order valence-electron chi connectivity index (χ2n) is 6.08. The molecule has 1 aliphatic heterocycles. The molecule has 1 aliphatic rings. The largest absolute Gasteiger partial charge is 0.309 e. The van der Waals surface area contributed by atoms with Gasteiger partial charge in [-0.2, -0.15) is 0 Å². The lowest BCUT2D eigenvalue weighted by atomic mass is 10.2. The van der Waals surface area contributed by atoms with Crippen LogP contribution in [0.15, 0.2) is 22.8 Å². The normalized spacial score (nSPS) is 18.7. The molecule has 21 heavy (non-hydrogen) atoms. The van der Waals surface area contributed by atoms with E-state index >= 15 is 0 Å². The minimum atomic E-state index is 0.495. The minimum absolute atomic E-state index is 0.495. The van der Waals surface area contributed by atoms with E-state index in [9.17, 15) is 0 Å². The lowest BCUT2D eigenvalue weighted by Gasteiger charge is -2.24. The number of nitrogens with zero attached hydrogens (tertiary/aromatic N) is 3. The molecule has 0 saturated carbocycles. The van der Waals surface area contributed by atoms with Gasteiger partial charge in [0.1, 0.15) is 11.0 Å². The third-order valence-corrected chi connectivity index (χ3v) is 4.20. The van der Waals surface area contributed by atoms with Crippen molar-refractivity contribution in [3.63, 3.8) is 0 Å². The monoisotopic (exact) mass is 288 g/mol. The molecule has 1 fully saturated rings. The summed E-state index contributed by atoms with van der Waals surface area (Å²) in [6.07, 6.45) is 5.49. The molecule has 0 radical (unpaired) electrons. The SMILES string of the molecule is CC(CN1CCCCCC1)NCc1ccc2nonc2c1. The van der Waals surface area contributed by atoms with Crippen molar-refractivity contribution >= 4 is 11.0 Å². The molecule has 5 nitrogen and oxygen atoms in total. The second-order valence-corrected chi connectivity index (χ2v) is 6.08. The zero-order valence-electron chi connectivity index (χ0n) is 12.7. The smallest absolute Gasteiger partial charge is 0.135 e. The van der Waals surface area contributed by atoms with Crippen molar-refractivity contribution in [2.75, 3.05) is 19.6 Å². The van der Waals surface area contributed by atoms with Crippen LogP contribution < -0.4 is 5.32 Å². The molecular formula is C16H24N4O. The van der Waals surface area contributed by atoms with Crippen molar-refractivity contribution in [1.29, 1.82) is 0 Å². The Hall–Kier alpha value is -1.46. The summed E-state index contributed by atoms with van der Waals surface area (Å²) in [5.74, 6) is 0. The van der Waals surface area contributed by atoms with E-state index in [0.717, 1.165) is 24.1 Å². The molecule has 114 valence electrons. The summed E-state index contributed by atoms with van der Waals surface area (Å²) in [5, 5.41) is 11.3. The Morgan fingerprint density at radius 2 is 1.90 bits per heavy atom. The highest BCUT2D eigenvalue weighted by Gasteiger charge is 2.12. The van der Waals surface area contributed by atoms with Crippen molar-refractivity contribution < 1.29 is 4.63 Å². The first-order valence-corrected chi connectivity index (χ1v) is 7.98. The van der Waals surface area contributed by atoms with Gasteiger partial charge in [0.05, 0.1) is 0 Å². The highest BCUT2D eigenvalue weighted by atomic mass is 16.6. The fraction of sp³-hybridized carbons (Fsp3) is 0.625. The molecule has 2 heterocycles. The van der Waals surface area contributed by atoms with Crippen molar-refractivity contribution in [2.45, 2.75) is 45.2 Å². The van der Waals surface area contributed by atoms with Crippen molar-refractivity contribution in [2.24, 2.45) is 0 Å². The lowest BCUT2D eigenvalue weighted by Crippen LogP contribution is -2.39. The summed E-state index contributed by atoms with van der Waals surface area (Å²) in [6, 6.07) is 6.58. The number of nitrogens with one attached hydrogen (secondary N) is 1. The number of aromatic nitrogens is 2. The maximum absolute atomic E-state index is 4.73. The Kier molecular flexibility index (Phi) is 4.83. The standard InChI is InChI=1S/C16H24N4O/c1-13(12-20-8-4-2-3-5-9-20)17-11-14-6-7-15-16(10-14)19-21-18-15/h6-7,10,13,17H,2-5,8-9,11-12H2,1H3. The van der Waals surface area contributed by atoms with E-state index < -0.39 is 0 Å². The molecule has 1 saturated heterocycles. The number of hydrogen-bond donors (Lipinski definition) is 1. The van der Waals surface area contributed by atoms with E-state index in [-0.39, 0.29) is 0 Å². The summed E-state index contributed by atoms with van der Waals surface area (Å²) in [6.45, 7) is 6.76. The van der Waals surface area contributed by atoms with Crippen LogP contribution in [0.4, 0.5) is 0 Å². The van der Waals surface area contributed by atoms with Gasteiger partial charge >= 0.3 is 0 Å². The average Bonchev–Trinajstić information content (AvgIpc) is 2.81. The van der Waals surface area contributed by atoms with Crippen LogP contribution in [0.1, 0.15) is 38.2 Å². The molecular weight excluding hydrogens is 264 g/mol. The zero-order chi connectivity index (χ0) is 14.5. The summed E-state index contributed by atoms with van der Waals surface area (Å²) in [4.78, 5) is 2.59. The van der Waals surface area contributed by atoms with Crippen LogP contribution in [0.2, 0.25) is 0 Å². The molecule has 0 spiro atoms. The van der Waals surface area contributed by atoms with Crippen LogP contribution in [0, 0.1) is 0 Å². The number of likely N-dealkylation sites (tertiary alicyclic amines) is 1. The maximum atomic E-state index is 4.73. The number of benzene rings is 1. The van der Waals surface area contributed by atoms with Gasteiger partial charge in [-0.3, -0.25) is 0 Å². The first kappa shape index (κ1) is 14.5. The van der Waals surface area contributed by atoms with Gasteiger partial charge in [-0.25, -0.2) is 4.63 Å². The van der Waals surface area contributed by atoms with Crippen LogP contribution in [-0.2, 0) is 6.54 Å². The molecule has 1 unspecified atom stereocenters. The molecule has 0 aliphatic carbocycles. The van der Waals surface area contributed by atoms with E-state index in [1.54, 1.807) is 0 Å². The Bertz CT molecular complexity index is 560. The highest BCUT2D eigenvalue weighted by Crippen LogP contribution is 2.12. The molecule has 1 atom stereocenters. The first-order valence-electron chi connectivity index (χ1n) is 7.98. The Labute approximate surface area is 125 Å². The minimum Gasteiger partial charge on any atom is -0.309 e. The Morgan fingerprint density at radius 3 is 2.71 bits per heavy atom. The van der Waals surface area contributed by atoms with Crippen molar-refractivity contribution in [3.8, 4) is 0 Å². The Balaban J connectivity index is 1.49. The molecule has 1 N–H and O–H groups in total. The summed E-state index contributed by atoms with van der Waals surface area (Å²) < 4.78 is 4.73. The number of fused-ring (bicyclic) bond motifs is 1. The molecule has 3 rings (SSSR count). The second kappa shape index (κ2) is 7.00. The fourth-order valence-electron chi connectivity index (χ4n) is 3.00. The molecule has 0 amide bonds. The van der Waals surface area contributed by atoms with Gasteiger partial charge in [0.15, 0.2) is 0 Å². The summed E-state index contributed by atoms with van der Waals surface area (Å²) in [5.41, 5.74) is 2.87. The first-order chi connectivity index (χ1) is 10.3. The average molecular weight is 288 g/mol. The van der Waals surface area contributed by atoms with E-state index in [0.29, 0.717) is 6.04 Å². The van der Waals surface area contributed by atoms with Gasteiger partial charge in [0.2, 0.25) is 0 Å². The Morgan fingerprint density at radius 1 is 1.14 bits per heavy atom. The number of hydrogen-bond acceptors (Lipinski definition) is 5. The van der Waals surface area contributed by atoms with Gasteiger partial charge in [-0.1, -0.05) is 18.9 Å². The summed E-state index contributed by atoms with van der Waals surface area (Å²) >= 11 is 0. The molecule has 0 bridgehead atoms. The van der Waals surface area contributed by atoms with E-state index in [2.05, 4.69) is 33.5 Å². The molecule has 1 aromatic heterocycles. The van der Waals surface area contributed by atoms with Crippen LogP contribution in [0.3, 0.4) is 0 Å². The predicted molar refractivity (Wildman–Crippen MR) is 83.0 cm³/mol. The van der Waals surface area contributed by atoms with Gasteiger partial charge < -0.3 is 10.2 Å². The summed E-state index contributed by atoms with van der Waals surface area (Å²) in [7, 11) is 0. The quantitative estimate of drug-likeness (QED) is 0.916. The molecule has 2 aromatic rings. The zero-order valence-corrected chi connectivity index (χ0v) is 12.7. The third-order valence-electron chi connectivity index (χ3n) is 4.20. The topological polar surface area (TPSA) is 54.2 Å². The van der Waals surface area contributed by atoms with E-state index in [4.69, 9.17) is 4.63 Å². The van der Waals surface area contributed by atoms with Crippen LogP contribution >= 0.6 is 0 Å². The highest BCUT2D eigenvalue weighted by molar-refractivity contribution is 5.73. The lowest BCUT2D eigenvalue weighted by molar-refractivity contribution is 0.255. The molecule has 1 aromatic carbocycles. The van der Waals surface area contributed by atoms with Gasteiger partial charge in [0, 0.05) is 19.1 Å². The van der Waals surface area contributed by atoms with Crippen molar-refractivity contribution in [3.05, 3.63) is 23.8 Å². The van der Waals surface area contributed by atoms with E-state index in [1.165, 1.54) is 44.3 Å². The molecule has 5 heteroatoms. The van der Waals surface area contributed by atoms with Crippen molar-refractivity contribution in [1.82, 2.24) is 20.5 Å². The van der Waals surface area contributed by atoms with Crippen LogP contribution in [0.5, 0.6) is 0 Å². The van der Waals surface area contributed by atoms with Gasteiger partial charge in [0.25, 0.3) is 0 Å². The fourth-order valence-corrected chi connectivity index (χ4v) is 3.00. The predicted octanol–water partition coefficient (Wildman–Crippen LogP) is 2.58. The van der Waals surface area contributed by atoms with Gasteiger partial charge in [-0.15, -0.1) is 0 Å². The number of rotatable bonds is 5. The third kappa shape index (κ3) is 4.02. The van der Waals surface area contributed by atoms with Gasteiger partial charge in [-0.05, 0) is 60.9 Å².